The molecule has 2 unspecified atom stereocenters. The van der Waals surface area contributed by atoms with Crippen LogP contribution in [0.5, 0.6) is 0 Å². The predicted octanol–water partition coefficient (Wildman–Crippen LogP) is 9.14. The van der Waals surface area contributed by atoms with Crippen molar-refractivity contribution in [2.45, 2.75) is 36.0 Å². The van der Waals surface area contributed by atoms with Crippen molar-refractivity contribution in [2.75, 3.05) is 0 Å². The summed E-state index contributed by atoms with van der Waals surface area (Å²) >= 11 is 12.7. The van der Waals surface area contributed by atoms with Gasteiger partial charge in [-0.25, -0.2) is 5.01 Å². The van der Waals surface area contributed by atoms with E-state index in [1.165, 1.54) is 6.08 Å². The number of fused-ring (bicyclic) bond motifs is 1. The summed E-state index contributed by atoms with van der Waals surface area (Å²) in [7, 11) is 0. The minimum Gasteiger partial charge on any atom is -0.268 e. The molecule has 38 heavy (non-hydrogen) atoms. The lowest BCUT2D eigenvalue weighted by atomic mass is 9.77. The summed E-state index contributed by atoms with van der Waals surface area (Å²) in [5.41, 5.74) is 4.80. The molecule has 0 bridgehead atoms. The van der Waals surface area contributed by atoms with E-state index >= 15 is 0 Å². The molecule has 1 saturated carbocycles. The largest absolute Gasteiger partial charge is 0.288 e. The molecule has 3 nitrogen and oxygen atoms in total. The number of alkyl halides is 2. The van der Waals surface area contributed by atoms with E-state index in [1.54, 1.807) is 35.4 Å². The van der Waals surface area contributed by atoms with Crippen LogP contribution < -0.4 is 0 Å². The van der Waals surface area contributed by atoms with Crippen LogP contribution in [0, 0.1) is 5.92 Å². The molecule has 1 heterocycles. The Balaban J connectivity index is 1.45. The summed E-state index contributed by atoms with van der Waals surface area (Å²) in [5.74, 6) is -2.66. The number of halogens is 4. The van der Waals surface area contributed by atoms with Crippen LogP contribution in [0.2, 0.25) is 10.0 Å². The molecule has 0 N–H and O–H groups in total. The van der Waals surface area contributed by atoms with Gasteiger partial charge in [0.25, 0.3) is 11.7 Å². The maximum Gasteiger partial charge on any atom is 0.288 e. The fourth-order valence-electron chi connectivity index (χ4n) is 4.94. The molecule has 194 valence electrons. The van der Waals surface area contributed by atoms with Crippen LogP contribution >= 0.6 is 35.0 Å². The average Bonchev–Trinajstić information content (AvgIpc) is 3.30. The third-order valence-electron chi connectivity index (χ3n) is 6.67. The Morgan fingerprint density at radius 3 is 2.24 bits per heavy atom. The van der Waals surface area contributed by atoms with E-state index in [4.69, 9.17) is 28.3 Å². The number of carbonyl (C=O) groups is 1. The fourth-order valence-corrected chi connectivity index (χ4v) is 5.69. The Labute approximate surface area is 234 Å². The van der Waals surface area contributed by atoms with Crippen LogP contribution in [0.4, 0.5) is 8.78 Å². The van der Waals surface area contributed by atoms with Gasteiger partial charge in [-0.3, -0.25) is 4.79 Å². The Kier molecular flexibility index (Phi) is 8.32. The second-order valence-corrected chi connectivity index (χ2v) is 11.1. The highest BCUT2D eigenvalue weighted by Gasteiger charge is 2.43. The fraction of sp³-hybridized carbons (Fsp3) is 0.200. The lowest BCUT2D eigenvalue weighted by Gasteiger charge is -2.29. The lowest BCUT2D eigenvalue weighted by Crippen LogP contribution is -2.30. The number of carbonyl (C=O) groups excluding carboxylic acids is 1. The van der Waals surface area contributed by atoms with Crippen molar-refractivity contribution in [2.24, 2.45) is 11.0 Å². The SMILES string of the molecule is O=C(C=Cc1ccc(SC(F)F)cc1)N1N=C2C(=Cc3ccc(Cl)cc3)CCCC2C1c1ccc(Cl)cc1. The zero-order chi connectivity index (χ0) is 26.6. The molecule has 0 aromatic heterocycles. The summed E-state index contributed by atoms with van der Waals surface area (Å²) < 4.78 is 25.2. The van der Waals surface area contributed by atoms with Gasteiger partial charge in [0.1, 0.15) is 0 Å². The smallest absolute Gasteiger partial charge is 0.268 e. The Hall–Kier alpha value is -2.93. The van der Waals surface area contributed by atoms with Gasteiger partial charge in [0.2, 0.25) is 0 Å². The minimum absolute atomic E-state index is 0.0616. The second-order valence-electron chi connectivity index (χ2n) is 9.17. The van der Waals surface area contributed by atoms with Gasteiger partial charge in [-0.1, -0.05) is 71.4 Å². The monoisotopic (exact) mass is 568 g/mol. The van der Waals surface area contributed by atoms with E-state index in [-0.39, 0.29) is 17.9 Å². The molecule has 3 aromatic rings. The van der Waals surface area contributed by atoms with Crippen molar-refractivity contribution < 1.29 is 13.6 Å². The standard InChI is InChI=1S/C30H24Cl2F2N2OS/c31-23-11-4-20(5-12-23)18-22-2-1-3-26-28(22)35-36(29(26)21-9-13-24(32)14-10-21)27(37)17-8-19-6-15-25(16-7-19)38-30(33)34/h4-18,26,29-30H,1-3H2. The zero-order valence-corrected chi connectivity index (χ0v) is 22.6. The van der Waals surface area contributed by atoms with Gasteiger partial charge in [0.05, 0.1) is 11.8 Å². The third kappa shape index (κ3) is 6.20. The van der Waals surface area contributed by atoms with Crippen molar-refractivity contribution >= 4 is 58.7 Å². The van der Waals surface area contributed by atoms with Gasteiger partial charge >= 0.3 is 0 Å². The van der Waals surface area contributed by atoms with E-state index in [0.29, 0.717) is 26.7 Å². The van der Waals surface area contributed by atoms with Gasteiger partial charge in [0.15, 0.2) is 0 Å². The first-order valence-corrected chi connectivity index (χ1v) is 13.9. The van der Waals surface area contributed by atoms with Gasteiger partial charge < -0.3 is 0 Å². The van der Waals surface area contributed by atoms with E-state index in [1.807, 2.05) is 48.5 Å². The van der Waals surface area contributed by atoms with Crippen LogP contribution in [-0.4, -0.2) is 22.4 Å². The summed E-state index contributed by atoms with van der Waals surface area (Å²) in [6.07, 6.45) is 8.09. The number of allylic oxidation sites excluding steroid dienone is 1. The third-order valence-corrected chi connectivity index (χ3v) is 7.90. The van der Waals surface area contributed by atoms with Gasteiger partial charge in [-0.05, 0) is 90.1 Å². The number of benzene rings is 3. The molecule has 2 atom stereocenters. The number of amides is 1. The molecular weight excluding hydrogens is 545 g/mol. The van der Waals surface area contributed by atoms with Crippen LogP contribution in [0.25, 0.3) is 12.2 Å². The topological polar surface area (TPSA) is 32.7 Å². The molecule has 5 rings (SSSR count). The van der Waals surface area contributed by atoms with Crippen molar-refractivity contribution in [3.05, 3.63) is 111 Å². The Bertz CT molecular complexity index is 1390. The predicted molar refractivity (Wildman–Crippen MR) is 153 cm³/mol. The van der Waals surface area contributed by atoms with Gasteiger partial charge in [-0.15, -0.1) is 0 Å². The first-order chi connectivity index (χ1) is 18.4. The number of rotatable bonds is 6. The van der Waals surface area contributed by atoms with Crippen molar-refractivity contribution in [3.63, 3.8) is 0 Å². The highest BCUT2D eigenvalue weighted by atomic mass is 35.5. The molecule has 1 aliphatic carbocycles. The van der Waals surface area contributed by atoms with E-state index in [2.05, 4.69) is 6.08 Å². The van der Waals surface area contributed by atoms with E-state index in [9.17, 15) is 13.6 Å². The van der Waals surface area contributed by atoms with Crippen LogP contribution in [0.3, 0.4) is 0 Å². The van der Waals surface area contributed by atoms with Crippen LogP contribution in [0.15, 0.2) is 94.4 Å². The number of thioether (sulfide) groups is 1. The van der Waals surface area contributed by atoms with Crippen molar-refractivity contribution in [1.29, 1.82) is 0 Å². The molecule has 8 heteroatoms. The molecule has 0 saturated heterocycles. The van der Waals surface area contributed by atoms with Gasteiger partial charge in [0, 0.05) is 26.9 Å². The summed E-state index contributed by atoms with van der Waals surface area (Å²) in [5, 5.41) is 7.76. The van der Waals surface area contributed by atoms with Crippen LogP contribution in [0.1, 0.15) is 42.0 Å². The lowest BCUT2D eigenvalue weighted by molar-refractivity contribution is -0.128. The maximum absolute atomic E-state index is 13.5. The van der Waals surface area contributed by atoms with Crippen molar-refractivity contribution in [3.8, 4) is 0 Å². The minimum atomic E-state index is -2.47. The molecule has 0 radical (unpaired) electrons. The molecule has 1 aliphatic heterocycles. The highest BCUT2D eigenvalue weighted by molar-refractivity contribution is 7.99. The van der Waals surface area contributed by atoms with Gasteiger partial charge in [-0.2, -0.15) is 13.9 Å². The second kappa shape index (κ2) is 11.9. The summed E-state index contributed by atoms with van der Waals surface area (Å²) in [6.45, 7) is 0. The quantitative estimate of drug-likeness (QED) is 0.219. The number of nitrogens with zero attached hydrogens (tertiary/aromatic N) is 2. The number of hydrazone groups is 1. The molecule has 1 fully saturated rings. The first-order valence-electron chi connectivity index (χ1n) is 12.2. The maximum atomic E-state index is 13.5. The Morgan fingerprint density at radius 2 is 1.58 bits per heavy atom. The molecule has 0 spiro atoms. The average molecular weight is 570 g/mol. The summed E-state index contributed by atoms with van der Waals surface area (Å²) in [4.78, 5) is 14.0. The number of hydrogen-bond donors (Lipinski definition) is 0. The first kappa shape index (κ1) is 26.7. The molecular formula is C30H24Cl2F2N2OS. The number of hydrogen-bond acceptors (Lipinski definition) is 3. The molecule has 3 aromatic carbocycles. The van der Waals surface area contributed by atoms with E-state index in [0.717, 1.165) is 47.2 Å². The highest BCUT2D eigenvalue weighted by Crippen LogP contribution is 2.44. The Morgan fingerprint density at radius 1 is 0.947 bits per heavy atom. The molecule has 2 aliphatic rings. The normalized spacial score (nSPS) is 20.3. The van der Waals surface area contributed by atoms with Crippen molar-refractivity contribution in [1.82, 2.24) is 5.01 Å². The van der Waals surface area contributed by atoms with Crippen LogP contribution in [-0.2, 0) is 4.79 Å². The van der Waals surface area contributed by atoms with E-state index < -0.39 is 5.76 Å². The molecule has 1 amide bonds. The summed E-state index contributed by atoms with van der Waals surface area (Å²) in [6, 6.07) is 21.7. The zero-order valence-electron chi connectivity index (χ0n) is 20.2.